The highest BCUT2D eigenvalue weighted by molar-refractivity contribution is 8.00. The highest BCUT2D eigenvalue weighted by Crippen LogP contribution is 2.23. The lowest BCUT2D eigenvalue weighted by atomic mass is 10.1. The molecular weight excluding hydrogens is 379 g/mol. The van der Waals surface area contributed by atoms with Crippen molar-refractivity contribution >= 4 is 35.0 Å². The van der Waals surface area contributed by atoms with Gasteiger partial charge in [0.1, 0.15) is 5.82 Å². The number of rotatable bonds is 7. The molecule has 2 aromatic carbocycles. The summed E-state index contributed by atoms with van der Waals surface area (Å²) in [6, 6.07) is 9.89. The number of amides is 2. The predicted molar refractivity (Wildman–Crippen MR) is 109 cm³/mol. The number of carbonyl (C=O) groups is 3. The Labute approximate surface area is 168 Å². The van der Waals surface area contributed by atoms with Gasteiger partial charge in [0.2, 0.25) is 11.8 Å². The van der Waals surface area contributed by atoms with Gasteiger partial charge < -0.3 is 10.2 Å². The summed E-state index contributed by atoms with van der Waals surface area (Å²) in [4.78, 5) is 37.4. The summed E-state index contributed by atoms with van der Waals surface area (Å²) in [6.07, 6.45) is 0. The number of ketones is 1. The zero-order valence-electron chi connectivity index (χ0n) is 16.3. The minimum Gasteiger partial charge on any atom is -0.336 e. The number of benzene rings is 2. The number of aryl methyl sites for hydroxylation is 2. The number of anilines is 1. The largest absolute Gasteiger partial charge is 0.336 e. The first-order valence-corrected chi connectivity index (χ1v) is 9.71. The average molecular weight is 402 g/mol. The quantitative estimate of drug-likeness (QED) is 0.565. The van der Waals surface area contributed by atoms with Gasteiger partial charge >= 0.3 is 0 Å². The second-order valence-corrected chi connectivity index (χ2v) is 7.57. The lowest BCUT2D eigenvalue weighted by Crippen LogP contribution is -2.36. The van der Waals surface area contributed by atoms with Crippen molar-refractivity contribution in [2.45, 2.75) is 25.7 Å². The number of nitrogens with zero attached hydrogens (tertiary/aromatic N) is 1. The third-order valence-electron chi connectivity index (χ3n) is 4.24. The van der Waals surface area contributed by atoms with Crippen molar-refractivity contribution in [1.82, 2.24) is 4.90 Å². The average Bonchev–Trinajstić information content (AvgIpc) is 2.63. The van der Waals surface area contributed by atoms with Crippen LogP contribution in [-0.2, 0) is 9.59 Å². The summed E-state index contributed by atoms with van der Waals surface area (Å²) >= 11 is 1.03. The topological polar surface area (TPSA) is 66.5 Å². The zero-order valence-corrected chi connectivity index (χ0v) is 17.2. The molecule has 0 heterocycles. The maximum Gasteiger partial charge on any atom is 0.243 e. The molecule has 7 heteroatoms. The van der Waals surface area contributed by atoms with Gasteiger partial charge in [-0.05, 0) is 44.0 Å². The number of hydrogen-bond acceptors (Lipinski definition) is 4. The van der Waals surface area contributed by atoms with Crippen LogP contribution in [0.5, 0.6) is 0 Å². The van der Waals surface area contributed by atoms with Crippen molar-refractivity contribution in [3.63, 3.8) is 0 Å². The fraction of sp³-hybridized carbons (Fsp3) is 0.286. The molecule has 0 radical (unpaired) electrons. The first kappa shape index (κ1) is 21.6. The van der Waals surface area contributed by atoms with Crippen LogP contribution in [0.4, 0.5) is 10.1 Å². The van der Waals surface area contributed by atoms with E-state index in [9.17, 15) is 18.8 Å². The van der Waals surface area contributed by atoms with Crippen LogP contribution in [0.1, 0.15) is 28.4 Å². The van der Waals surface area contributed by atoms with Crippen LogP contribution in [-0.4, -0.2) is 41.8 Å². The van der Waals surface area contributed by atoms with Crippen molar-refractivity contribution in [3.05, 3.63) is 58.9 Å². The van der Waals surface area contributed by atoms with Crippen LogP contribution in [0.25, 0.3) is 0 Å². The van der Waals surface area contributed by atoms with Gasteiger partial charge in [0.05, 0.1) is 12.3 Å². The molecule has 28 heavy (non-hydrogen) atoms. The van der Waals surface area contributed by atoms with E-state index in [0.29, 0.717) is 0 Å². The van der Waals surface area contributed by atoms with E-state index in [0.717, 1.165) is 34.6 Å². The molecule has 2 aromatic rings. The van der Waals surface area contributed by atoms with Crippen molar-refractivity contribution in [3.8, 4) is 0 Å². The third-order valence-corrected chi connectivity index (χ3v) is 5.28. The smallest absolute Gasteiger partial charge is 0.243 e. The Kier molecular flexibility index (Phi) is 7.34. The molecule has 1 N–H and O–H groups in total. The molecule has 0 bridgehead atoms. The van der Waals surface area contributed by atoms with Gasteiger partial charge in [-0.15, -0.1) is 11.8 Å². The van der Waals surface area contributed by atoms with Gasteiger partial charge in [0.15, 0.2) is 5.78 Å². The molecule has 0 saturated carbocycles. The van der Waals surface area contributed by atoms with Crippen LogP contribution in [0, 0.1) is 19.7 Å². The molecule has 0 aromatic heterocycles. The van der Waals surface area contributed by atoms with E-state index >= 15 is 0 Å². The molecule has 2 rings (SSSR count). The Morgan fingerprint density at radius 3 is 2.32 bits per heavy atom. The Morgan fingerprint density at radius 2 is 1.75 bits per heavy atom. The number of likely N-dealkylation sites (N-methyl/N-ethyl adjacent to an activating group) is 1. The first-order chi connectivity index (χ1) is 13.2. The molecule has 0 fully saturated rings. The van der Waals surface area contributed by atoms with Crippen LogP contribution in [0.2, 0.25) is 0 Å². The fourth-order valence-electron chi connectivity index (χ4n) is 2.58. The van der Waals surface area contributed by atoms with E-state index in [-0.39, 0.29) is 40.4 Å². The minimum absolute atomic E-state index is 0.0104. The Balaban J connectivity index is 1.90. The van der Waals surface area contributed by atoms with E-state index in [4.69, 9.17) is 0 Å². The Bertz CT molecular complexity index is 894. The number of nitrogens with one attached hydrogen (secondary N) is 1. The van der Waals surface area contributed by atoms with Gasteiger partial charge in [0, 0.05) is 23.2 Å². The molecule has 148 valence electrons. The molecule has 0 aliphatic rings. The zero-order chi connectivity index (χ0) is 20.8. The van der Waals surface area contributed by atoms with Crippen LogP contribution in [0.15, 0.2) is 41.3 Å². The summed E-state index contributed by atoms with van der Waals surface area (Å²) in [5.74, 6) is -1.36. The normalized spacial score (nSPS) is 10.5. The standard InChI is InChI=1S/C21H23FN2O3S/c1-13-6-5-7-14(2)21(13)23-19(26)11-24(4)20(27)12-28-18-9-8-16(15(3)25)10-17(18)22/h5-10H,11-12H2,1-4H3,(H,23,26). The molecule has 2 amide bonds. The van der Waals surface area contributed by atoms with Crippen molar-refractivity contribution in [2.24, 2.45) is 0 Å². The van der Waals surface area contributed by atoms with Gasteiger partial charge in [-0.2, -0.15) is 0 Å². The molecular formula is C21H23FN2O3S. The van der Waals surface area contributed by atoms with E-state index in [2.05, 4.69) is 5.32 Å². The summed E-state index contributed by atoms with van der Waals surface area (Å²) in [5, 5.41) is 2.83. The fourth-order valence-corrected chi connectivity index (χ4v) is 3.44. The van der Waals surface area contributed by atoms with Crippen molar-refractivity contribution in [2.75, 3.05) is 24.7 Å². The second kappa shape index (κ2) is 9.50. The van der Waals surface area contributed by atoms with Crippen molar-refractivity contribution < 1.29 is 18.8 Å². The molecule has 0 spiro atoms. The van der Waals surface area contributed by atoms with Crippen LogP contribution >= 0.6 is 11.8 Å². The van der Waals surface area contributed by atoms with Gasteiger partial charge in [-0.3, -0.25) is 14.4 Å². The summed E-state index contributed by atoms with van der Waals surface area (Å²) in [7, 11) is 1.53. The number of Topliss-reactive ketones (excluding diaryl/α,β-unsaturated/α-hetero) is 1. The highest BCUT2D eigenvalue weighted by Gasteiger charge is 2.16. The van der Waals surface area contributed by atoms with E-state index < -0.39 is 5.82 Å². The Hall–Kier alpha value is -2.67. The maximum absolute atomic E-state index is 14.0. The molecule has 5 nitrogen and oxygen atoms in total. The second-order valence-electron chi connectivity index (χ2n) is 6.55. The van der Waals surface area contributed by atoms with E-state index in [1.165, 1.54) is 31.0 Å². The molecule has 0 aliphatic carbocycles. The molecule has 0 unspecified atom stereocenters. The SMILES string of the molecule is CC(=O)c1ccc(SCC(=O)N(C)CC(=O)Nc2c(C)cccc2C)c(F)c1. The van der Waals surface area contributed by atoms with Crippen LogP contribution in [0.3, 0.4) is 0 Å². The Morgan fingerprint density at radius 1 is 1.11 bits per heavy atom. The number of para-hydroxylation sites is 1. The molecule has 0 aliphatic heterocycles. The van der Waals surface area contributed by atoms with Gasteiger partial charge in [0.25, 0.3) is 0 Å². The van der Waals surface area contributed by atoms with Crippen LogP contribution < -0.4 is 5.32 Å². The van der Waals surface area contributed by atoms with Gasteiger partial charge in [-0.1, -0.05) is 24.3 Å². The van der Waals surface area contributed by atoms with Crippen molar-refractivity contribution in [1.29, 1.82) is 0 Å². The number of hydrogen-bond donors (Lipinski definition) is 1. The maximum atomic E-state index is 14.0. The summed E-state index contributed by atoms with van der Waals surface area (Å²) in [6.45, 7) is 5.07. The molecule has 0 atom stereocenters. The first-order valence-electron chi connectivity index (χ1n) is 8.72. The van der Waals surface area contributed by atoms with E-state index in [1.807, 2.05) is 32.0 Å². The number of carbonyl (C=O) groups excluding carboxylic acids is 3. The summed E-state index contributed by atoms with van der Waals surface area (Å²) in [5.41, 5.74) is 2.92. The lowest BCUT2D eigenvalue weighted by Gasteiger charge is -2.18. The monoisotopic (exact) mass is 402 g/mol. The number of thioether (sulfide) groups is 1. The summed E-state index contributed by atoms with van der Waals surface area (Å²) < 4.78 is 14.0. The predicted octanol–water partition coefficient (Wildman–Crippen LogP) is 3.83. The lowest BCUT2D eigenvalue weighted by molar-refractivity contribution is -0.131. The highest BCUT2D eigenvalue weighted by atomic mass is 32.2. The van der Waals surface area contributed by atoms with Gasteiger partial charge in [-0.25, -0.2) is 4.39 Å². The number of halogens is 1. The minimum atomic E-state index is -0.541. The molecule has 0 saturated heterocycles. The van der Waals surface area contributed by atoms with E-state index in [1.54, 1.807) is 0 Å². The third kappa shape index (κ3) is 5.66.